The van der Waals surface area contributed by atoms with Crippen LogP contribution in [0.3, 0.4) is 0 Å². The lowest BCUT2D eigenvalue weighted by atomic mass is 10.2. The van der Waals surface area contributed by atoms with Crippen LogP contribution in [0.25, 0.3) is 0 Å². The van der Waals surface area contributed by atoms with Crippen molar-refractivity contribution in [3.8, 4) is 5.75 Å². The van der Waals surface area contributed by atoms with Crippen molar-refractivity contribution in [1.82, 2.24) is 4.90 Å². The van der Waals surface area contributed by atoms with Gasteiger partial charge in [-0.3, -0.25) is 14.9 Å². The topological polar surface area (TPSA) is 99.0 Å². The molecule has 1 aromatic carbocycles. The second-order valence-corrected chi connectivity index (χ2v) is 5.08. The van der Waals surface area contributed by atoms with E-state index in [2.05, 4.69) is 6.58 Å². The van der Waals surface area contributed by atoms with E-state index in [0.717, 1.165) is 11.6 Å². The van der Waals surface area contributed by atoms with Crippen molar-refractivity contribution in [2.75, 3.05) is 26.8 Å². The maximum absolute atomic E-state index is 12.0. The van der Waals surface area contributed by atoms with Gasteiger partial charge in [-0.05, 0) is 26.0 Å². The molecule has 24 heavy (non-hydrogen) atoms. The third-order valence-corrected chi connectivity index (χ3v) is 3.13. The van der Waals surface area contributed by atoms with Crippen LogP contribution in [0.15, 0.2) is 30.4 Å². The van der Waals surface area contributed by atoms with E-state index < -0.39 is 17.5 Å². The molecule has 1 amide bonds. The Morgan fingerprint density at radius 3 is 2.54 bits per heavy atom. The maximum atomic E-state index is 12.0. The number of esters is 1. The van der Waals surface area contributed by atoms with Gasteiger partial charge < -0.3 is 14.4 Å². The van der Waals surface area contributed by atoms with Crippen molar-refractivity contribution in [2.45, 2.75) is 13.8 Å². The molecule has 1 aromatic rings. The van der Waals surface area contributed by atoms with Crippen LogP contribution in [0.1, 0.15) is 24.2 Å². The van der Waals surface area contributed by atoms with Crippen molar-refractivity contribution >= 4 is 17.6 Å². The van der Waals surface area contributed by atoms with Crippen LogP contribution in [0.5, 0.6) is 5.75 Å². The summed E-state index contributed by atoms with van der Waals surface area (Å²) in [6.45, 7) is 7.71. The fourth-order valence-corrected chi connectivity index (χ4v) is 1.96. The van der Waals surface area contributed by atoms with E-state index in [1.54, 1.807) is 13.8 Å². The van der Waals surface area contributed by atoms with Gasteiger partial charge in [0.2, 0.25) is 0 Å². The molecule has 0 aromatic heterocycles. The quantitative estimate of drug-likeness (QED) is 0.312. The summed E-state index contributed by atoms with van der Waals surface area (Å²) >= 11 is 0. The van der Waals surface area contributed by atoms with Gasteiger partial charge in [0.1, 0.15) is 0 Å². The van der Waals surface area contributed by atoms with Crippen molar-refractivity contribution < 1.29 is 24.0 Å². The van der Waals surface area contributed by atoms with Crippen LogP contribution in [0.2, 0.25) is 0 Å². The second kappa shape index (κ2) is 8.66. The van der Waals surface area contributed by atoms with E-state index in [1.165, 1.54) is 24.1 Å². The van der Waals surface area contributed by atoms with Gasteiger partial charge in [0.25, 0.3) is 5.91 Å². The van der Waals surface area contributed by atoms with Crippen LogP contribution < -0.4 is 4.74 Å². The number of hydrogen-bond acceptors (Lipinski definition) is 6. The molecule has 8 heteroatoms. The zero-order chi connectivity index (χ0) is 18.3. The number of amides is 1. The molecule has 0 fully saturated rings. The molecule has 0 atom stereocenters. The highest BCUT2D eigenvalue weighted by atomic mass is 16.6. The Morgan fingerprint density at radius 1 is 1.38 bits per heavy atom. The zero-order valence-corrected chi connectivity index (χ0v) is 13.9. The standard InChI is InChI=1S/C16H20N2O6/c1-5-17(9-11(2)3)15(19)10-24-16(20)12-6-7-14(23-4)13(8-12)18(21)22/h6-8H,2,5,9-10H2,1,3-4H3. The first kappa shape index (κ1) is 19.1. The maximum Gasteiger partial charge on any atom is 0.338 e. The predicted octanol–water partition coefficient (Wildman–Crippen LogP) is 2.18. The Kier molecular flexibility index (Phi) is 6.91. The van der Waals surface area contributed by atoms with Crippen LogP contribution in [0.4, 0.5) is 5.69 Å². The molecular weight excluding hydrogens is 316 g/mol. The molecule has 0 bridgehead atoms. The molecule has 0 N–H and O–H groups in total. The summed E-state index contributed by atoms with van der Waals surface area (Å²) < 4.78 is 9.80. The van der Waals surface area contributed by atoms with Crippen molar-refractivity contribution in [3.63, 3.8) is 0 Å². The Labute approximate surface area is 139 Å². The average molecular weight is 336 g/mol. The fraction of sp³-hybridized carbons (Fsp3) is 0.375. The van der Waals surface area contributed by atoms with Gasteiger partial charge >= 0.3 is 11.7 Å². The first-order valence-electron chi connectivity index (χ1n) is 7.21. The number of hydrogen-bond donors (Lipinski definition) is 0. The minimum Gasteiger partial charge on any atom is -0.490 e. The van der Waals surface area contributed by atoms with Crippen LogP contribution in [0, 0.1) is 10.1 Å². The normalized spacial score (nSPS) is 9.96. The van der Waals surface area contributed by atoms with E-state index in [-0.39, 0.29) is 22.9 Å². The van der Waals surface area contributed by atoms with Crippen molar-refractivity contribution in [2.24, 2.45) is 0 Å². The van der Waals surface area contributed by atoms with Gasteiger partial charge in [-0.1, -0.05) is 12.2 Å². The van der Waals surface area contributed by atoms with E-state index >= 15 is 0 Å². The molecule has 0 saturated carbocycles. The Bertz CT molecular complexity index is 656. The lowest BCUT2D eigenvalue weighted by Gasteiger charge is -2.20. The van der Waals surface area contributed by atoms with Crippen LogP contribution >= 0.6 is 0 Å². The number of likely N-dealkylation sites (N-methyl/N-ethyl adjacent to an activating group) is 1. The molecule has 8 nitrogen and oxygen atoms in total. The first-order valence-corrected chi connectivity index (χ1v) is 7.21. The molecule has 0 saturated heterocycles. The van der Waals surface area contributed by atoms with Crippen molar-refractivity contribution in [3.05, 3.63) is 46.0 Å². The van der Waals surface area contributed by atoms with E-state index in [1.807, 2.05) is 0 Å². The lowest BCUT2D eigenvalue weighted by Crippen LogP contribution is -2.35. The molecule has 1 rings (SSSR count). The van der Waals surface area contributed by atoms with Gasteiger partial charge in [0.05, 0.1) is 17.6 Å². The summed E-state index contributed by atoms with van der Waals surface area (Å²) in [4.78, 5) is 35.8. The van der Waals surface area contributed by atoms with Crippen molar-refractivity contribution in [1.29, 1.82) is 0 Å². The molecule has 0 heterocycles. The summed E-state index contributed by atoms with van der Waals surface area (Å²) in [6, 6.07) is 3.69. The number of rotatable bonds is 8. The SMILES string of the molecule is C=C(C)CN(CC)C(=O)COC(=O)c1ccc(OC)c([N+](=O)[O-])c1. The van der Waals surface area contributed by atoms with Gasteiger partial charge in [-0.25, -0.2) is 4.79 Å². The largest absolute Gasteiger partial charge is 0.490 e. The highest BCUT2D eigenvalue weighted by Crippen LogP contribution is 2.27. The summed E-state index contributed by atoms with van der Waals surface area (Å²) in [5.74, 6) is -1.15. The van der Waals surface area contributed by atoms with E-state index in [9.17, 15) is 19.7 Å². The lowest BCUT2D eigenvalue weighted by molar-refractivity contribution is -0.385. The number of nitrogens with zero attached hydrogens (tertiary/aromatic N) is 2. The average Bonchev–Trinajstić information content (AvgIpc) is 2.56. The number of nitro groups is 1. The highest BCUT2D eigenvalue weighted by molar-refractivity contribution is 5.92. The smallest absolute Gasteiger partial charge is 0.338 e. The Hall–Kier alpha value is -2.90. The Morgan fingerprint density at radius 2 is 2.04 bits per heavy atom. The Balaban J connectivity index is 2.78. The number of carbonyl (C=O) groups excluding carboxylic acids is 2. The zero-order valence-electron chi connectivity index (χ0n) is 13.9. The predicted molar refractivity (Wildman–Crippen MR) is 87.0 cm³/mol. The highest BCUT2D eigenvalue weighted by Gasteiger charge is 2.20. The number of benzene rings is 1. The number of carbonyl (C=O) groups is 2. The number of methoxy groups -OCH3 is 1. The molecule has 0 aliphatic heterocycles. The fourth-order valence-electron chi connectivity index (χ4n) is 1.96. The molecule has 0 aliphatic carbocycles. The van der Waals surface area contributed by atoms with Gasteiger partial charge in [-0.15, -0.1) is 0 Å². The minimum absolute atomic E-state index is 0.0294. The van der Waals surface area contributed by atoms with Crippen LogP contribution in [-0.4, -0.2) is 48.5 Å². The van der Waals surface area contributed by atoms with E-state index in [0.29, 0.717) is 13.1 Å². The summed E-state index contributed by atoms with van der Waals surface area (Å²) in [5.41, 5.74) is 0.427. The van der Waals surface area contributed by atoms with Gasteiger partial charge in [0, 0.05) is 19.2 Å². The van der Waals surface area contributed by atoms with Gasteiger partial charge in [-0.2, -0.15) is 0 Å². The number of nitro benzene ring substituents is 1. The van der Waals surface area contributed by atoms with E-state index in [4.69, 9.17) is 9.47 Å². The molecular formula is C16H20N2O6. The molecule has 0 spiro atoms. The minimum atomic E-state index is -0.819. The monoisotopic (exact) mass is 336 g/mol. The third-order valence-electron chi connectivity index (χ3n) is 3.13. The summed E-state index contributed by atoms with van der Waals surface area (Å²) in [7, 11) is 1.29. The molecule has 0 aliphatic rings. The van der Waals surface area contributed by atoms with Crippen LogP contribution in [-0.2, 0) is 9.53 Å². The first-order chi connectivity index (χ1) is 11.3. The second-order valence-electron chi connectivity index (χ2n) is 5.08. The third kappa shape index (κ3) is 5.08. The number of ether oxygens (including phenoxy) is 2. The molecule has 130 valence electrons. The summed E-state index contributed by atoms with van der Waals surface area (Å²) in [5, 5.41) is 11.0. The summed E-state index contributed by atoms with van der Waals surface area (Å²) in [6.07, 6.45) is 0. The molecule has 0 radical (unpaired) electrons. The molecule has 0 unspecified atom stereocenters. The van der Waals surface area contributed by atoms with Gasteiger partial charge in [0.15, 0.2) is 12.4 Å².